The fraction of sp³-hybridized carbons (Fsp3) is 0.259. The minimum absolute atomic E-state index is 0.0708. The molecule has 0 unspecified atom stereocenters. The van der Waals surface area contributed by atoms with Gasteiger partial charge in [0.05, 0.1) is 46.5 Å². The summed E-state index contributed by atoms with van der Waals surface area (Å²) in [6, 6.07) is 14.8. The number of nitrogens with two attached hydrogens (primary N) is 1. The van der Waals surface area contributed by atoms with Crippen molar-refractivity contribution in [1.29, 1.82) is 5.26 Å². The average Bonchev–Trinajstić information content (AvgIpc) is 2.89. The summed E-state index contributed by atoms with van der Waals surface area (Å²) in [6.07, 6.45) is 0. The Morgan fingerprint density at radius 1 is 1.00 bits per heavy atom. The predicted molar refractivity (Wildman–Crippen MR) is 133 cm³/mol. The highest BCUT2D eigenvalue weighted by Gasteiger charge is 2.37. The Hall–Kier alpha value is -4.58. The van der Waals surface area contributed by atoms with E-state index in [1.807, 2.05) is 31.2 Å². The highest BCUT2D eigenvalue weighted by molar-refractivity contribution is 5.64. The van der Waals surface area contributed by atoms with Crippen LogP contribution in [0.3, 0.4) is 0 Å². The molecule has 0 spiro atoms. The molecule has 1 aliphatic heterocycles. The van der Waals surface area contributed by atoms with Crippen LogP contribution in [0.5, 0.6) is 28.7 Å². The number of nitrogens with zero attached hydrogens (tertiary/aromatic N) is 2. The third kappa shape index (κ3) is 4.07. The first-order valence-corrected chi connectivity index (χ1v) is 11.1. The molecule has 1 aliphatic rings. The maximum absolute atomic E-state index is 14.0. The smallest absolute Gasteiger partial charge is 0.259 e. The predicted octanol–water partition coefficient (Wildman–Crippen LogP) is 3.46. The van der Waals surface area contributed by atoms with Crippen LogP contribution >= 0.6 is 0 Å². The van der Waals surface area contributed by atoms with E-state index in [-0.39, 0.29) is 22.6 Å². The number of fused-ring (bicyclic) bond motifs is 1. The van der Waals surface area contributed by atoms with Gasteiger partial charge >= 0.3 is 0 Å². The van der Waals surface area contributed by atoms with Crippen LogP contribution in [-0.2, 0) is 6.54 Å². The number of rotatable bonds is 7. The van der Waals surface area contributed by atoms with Crippen molar-refractivity contribution < 1.29 is 23.7 Å². The molecule has 0 bridgehead atoms. The molecule has 2 heterocycles. The van der Waals surface area contributed by atoms with Gasteiger partial charge in [0.25, 0.3) is 5.56 Å². The summed E-state index contributed by atoms with van der Waals surface area (Å²) in [6.45, 7) is 2.14. The van der Waals surface area contributed by atoms with Crippen molar-refractivity contribution in [2.24, 2.45) is 5.73 Å². The van der Waals surface area contributed by atoms with Gasteiger partial charge in [0.2, 0.25) is 11.6 Å². The minimum atomic E-state index is -0.844. The Bertz CT molecular complexity index is 1430. The van der Waals surface area contributed by atoms with Crippen molar-refractivity contribution >= 4 is 0 Å². The summed E-state index contributed by atoms with van der Waals surface area (Å²) in [5, 5.41) is 10.0. The number of hydrogen-bond donors (Lipinski definition) is 1. The number of hydrogen-bond acceptors (Lipinski definition) is 8. The maximum Gasteiger partial charge on any atom is 0.259 e. The van der Waals surface area contributed by atoms with Gasteiger partial charge in [-0.3, -0.25) is 4.79 Å². The molecule has 186 valence electrons. The van der Waals surface area contributed by atoms with E-state index in [2.05, 4.69) is 6.07 Å². The Morgan fingerprint density at radius 3 is 2.28 bits per heavy atom. The second kappa shape index (κ2) is 9.96. The van der Waals surface area contributed by atoms with E-state index in [1.54, 1.807) is 29.9 Å². The molecule has 0 radical (unpaired) electrons. The van der Waals surface area contributed by atoms with Crippen molar-refractivity contribution in [2.75, 3.05) is 28.4 Å². The molecule has 9 heteroatoms. The zero-order chi connectivity index (χ0) is 26.0. The maximum atomic E-state index is 14.0. The lowest BCUT2D eigenvalue weighted by Crippen LogP contribution is -2.33. The number of methoxy groups -OCH3 is 4. The van der Waals surface area contributed by atoms with Gasteiger partial charge in [-0.1, -0.05) is 18.2 Å². The molecule has 4 rings (SSSR count). The SMILES string of the molecule is COc1ccc(Cn2c(C)cc3c(c2=O)[C@@H](c2ccc(OC)c(OC)c2OC)C(C#N)=C(N)O3)cc1. The van der Waals surface area contributed by atoms with Gasteiger partial charge in [0.15, 0.2) is 11.5 Å². The van der Waals surface area contributed by atoms with Crippen molar-refractivity contribution in [3.05, 3.63) is 86.7 Å². The third-order valence-corrected chi connectivity index (χ3v) is 6.24. The van der Waals surface area contributed by atoms with Gasteiger partial charge in [-0.25, -0.2) is 0 Å². The first-order valence-electron chi connectivity index (χ1n) is 11.1. The van der Waals surface area contributed by atoms with Crippen LogP contribution in [0, 0.1) is 18.3 Å². The molecule has 1 atom stereocenters. The minimum Gasteiger partial charge on any atom is -0.497 e. The first-order chi connectivity index (χ1) is 17.4. The summed E-state index contributed by atoms with van der Waals surface area (Å²) in [5.74, 6) is 1.22. The quantitative estimate of drug-likeness (QED) is 0.536. The summed E-state index contributed by atoms with van der Waals surface area (Å²) < 4.78 is 29.3. The zero-order valence-corrected chi connectivity index (χ0v) is 20.7. The molecule has 0 fully saturated rings. The number of aryl methyl sites for hydroxylation is 1. The van der Waals surface area contributed by atoms with E-state index in [4.69, 9.17) is 29.4 Å². The molecule has 0 saturated heterocycles. The van der Waals surface area contributed by atoms with Crippen LogP contribution in [0.2, 0.25) is 0 Å². The molecule has 1 aromatic heterocycles. The summed E-state index contributed by atoms with van der Waals surface area (Å²) in [7, 11) is 6.08. The van der Waals surface area contributed by atoms with Gasteiger partial charge in [-0.15, -0.1) is 0 Å². The first kappa shape index (κ1) is 24.5. The van der Waals surface area contributed by atoms with Crippen molar-refractivity contribution in [1.82, 2.24) is 4.57 Å². The number of benzene rings is 2. The van der Waals surface area contributed by atoms with E-state index in [0.29, 0.717) is 40.8 Å². The summed E-state index contributed by atoms with van der Waals surface area (Å²) in [5.41, 5.74) is 8.35. The second-order valence-corrected chi connectivity index (χ2v) is 8.15. The number of aromatic nitrogens is 1. The Balaban J connectivity index is 1.95. The van der Waals surface area contributed by atoms with Gasteiger partial charge in [-0.2, -0.15) is 5.26 Å². The van der Waals surface area contributed by atoms with E-state index in [9.17, 15) is 10.1 Å². The molecule has 0 aliphatic carbocycles. The summed E-state index contributed by atoms with van der Waals surface area (Å²) in [4.78, 5) is 14.0. The molecule has 36 heavy (non-hydrogen) atoms. The largest absolute Gasteiger partial charge is 0.497 e. The fourth-order valence-electron chi connectivity index (χ4n) is 4.46. The normalized spacial score (nSPS) is 14.4. The topological polar surface area (TPSA) is 118 Å². The highest BCUT2D eigenvalue weighted by atomic mass is 16.5. The van der Waals surface area contributed by atoms with Crippen molar-refractivity contribution in [3.8, 4) is 34.8 Å². The van der Waals surface area contributed by atoms with E-state index < -0.39 is 5.92 Å². The molecule has 3 aromatic rings. The van der Waals surface area contributed by atoms with Crippen LogP contribution in [0.15, 0.2) is 58.7 Å². The molecular formula is C27H27N3O6. The Kier molecular flexibility index (Phi) is 6.79. The lowest BCUT2D eigenvalue weighted by Gasteiger charge is -2.29. The Labute approximate surface area is 208 Å². The third-order valence-electron chi connectivity index (χ3n) is 6.24. The monoisotopic (exact) mass is 489 g/mol. The van der Waals surface area contributed by atoms with E-state index >= 15 is 0 Å². The van der Waals surface area contributed by atoms with Crippen molar-refractivity contribution in [3.63, 3.8) is 0 Å². The van der Waals surface area contributed by atoms with E-state index in [1.165, 1.54) is 21.3 Å². The average molecular weight is 490 g/mol. The lowest BCUT2D eigenvalue weighted by molar-refractivity contribution is 0.321. The molecule has 2 aromatic carbocycles. The van der Waals surface area contributed by atoms with Crippen molar-refractivity contribution in [2.45, 2.75) is 19.4 Å². The van der Waals surface area contributed by atoms with Gasteiger partial charge < -0.3 is 34.0 Å². The molecule has 9 nitrogen and oxygen atoms in total. The van der Waals surface area contributed by atoms with Gasteiger partial charge in [0.1, 0.15) is 23.1 Å². The van der Waals surface area contributed by atoms with Gasteiger partial charge in [-0.05, 0) is 30.7 Å². The summed E-state index contributed by atoms with van der Waals surface area (Å²) >= 11 is 0. The molecule has 0 amide bonds. The fourth-order valence-corrected chi connectivity index (χ4v) is 4.46. The standard InChI is InChI=1S/C27H27N3O6/c1-15-12-21-23(27(31)30(15)14-16-6-8-17(32-2)9-7-16)22(19(13-28)26(29)36-21)18-10-11-20(33-3)25(35-5)24(18)34-4/h6-12,22H,14,29H2,1-5H3/t22-/m0/s1. The van der Waals surface area contributed by atoms with Crippen LogP contribution < -0.4 is 35.0 Å². The number of nitriles is 1. The number of ether oxygens (including phenoxy) is 5. The molecular weight excluding hydrogens is 462 g/mol. The van der Waals surface area contributed by atoms with Crippen LogP contribution in [0.25, 0.3) is 0 Å². The molecule has 2 N–H and O–H groups in total. The lowest BCUT2D eigenvalue weighted by atomic mass is 9.83. The Morgan fingerprint density at radius 2 is 1.69 bits per heavy atom. The van der Waals surface area contributed by atoms with Gasteiger partial charge in [0, 0.05) is 17.3 Å². The van der Waals surface area contributed by atoms with Crippen LogP contribution in [-0.4, -0.2) is 33.0 Å². The molecule has 0 saturated carbocycles. The second-order valence-electron chi connectivity index (χ2n) is 8.15. The van der Waals surface area contributed by atoms with E-state index in [0.717, 1.165) is 11.3 Å². The van der Waals surface area contributed by atoms with Crippen LogP contribution in [0.4, 0.5) is 0 Å². The van der Waals surface area contributed by atoms with Crippen LogP contribution in [0.1, 0.15) is 28.3 Å². The highest BCUT2D eigenvalue weighted by Crippen LogP contribution is 2.49. The zero-order valence-electron chi connectivity index (χ0n) is 20.7. The number of pyridine rings is 1. The number of allylic oxidation sites excluding steroid dienone is 1.